The Morgan fingerprint density at radius 3 is 2.52 bits per heavy atom. The number of aromatic nitrogens is 1. The number of benzene rings is 2. The van der Waals surface area contributed by atoms with Crippen LogP contribution in [0.4, 0.5) is 0 Å². The van der Waals surface area contributed by atoms with E-state index in [0.29, 0.717) is 33.5 Å². The van der Waals surface area contributed by atoms with Crippen molar-refractivity contribution in [3.63, 3.8) is 0 Å². The Hall–Kier alpha value is -2.16. The van der Waals surface area contributed by atoms with Gasteiger partial charge in [0.2, 0.25) is 0 Å². The number of ether oxygens (including phenoxy) is 2. The van der Waals surface area contributed by atoms with Crippen molar-refractivity contribution in [1.82, 2.24) is 4.98 Å². The highest BCUT2D eigenvalue weighted by molar-refractivity contribution is 14.1. The van der Waals surface area contributed by atoms with Crippen LogP contribution in [0.2, 0.25) is 5.02 Å². The highest BCUT2D eigenvalue weighted by Crippen LogP contribution is 2.33. The molecule has 3 aromatic rings. The van der Waals surface area contributed by atoms with E-state index in [4.69, 9.17) is 21.1 Å². The fourth-order valence-electron chi connectivity index (χ4n) is 3.15. The Labute approximate surface area is 200 Å². The van der Waals surface area contributed by atoms with Crippen molar-refractivity contribution in [3.05, 3.63) is 73.9 Å². The molecule has 0 aliphatic heterocycles. The summed E-state index contributed by atoms with van der Waals surface area (Å²) in [6, 6.07) is 14.5. The number of aryl methyl sites for hydroxylation is 1. The third-order valence-corrected chi connectivity index (χ3v) is 6.30. The van der Waals surface area contributed by atoms with Crippen molar-refractivity contribution in [2.45, 2.75) is 25.9 Å². The number of ketones is 1. The normalized spacial score (nSPS) is 11.8. The fraction of sp³-hybridized carbons (Fsp3) is 0.250. The zero-order valence-electron chi connectivity index (χ0n) is 17.5. The van der Waals surface area contributed by atoms with Crippen LogP contribution >= 0.6 is 34.2 Å². The molecule has 0 aliphatic rings. The Morgan fingerprint density at radius 2 is 1.84 bits per heavy atom. The molecule has 0 saturated carbocycles. The Balaban J connectivity index is 1.78. The summed E-state index contributed by atoms with van der Waals surface area (Å²) in [6.07, 6.45) is -0.453. The van der Waals surface area contributed by atoms with E-state index >= 15 is 0 Å². The fourth-order valence-corrected chi connectivity index (χ4v) is 3.89. The molecule has 1 atom stereocenters. The molecule has 0 radical (unpaired) electrons. The predicted molar refractivity (Wildman–Crippen MR) is 130 cm³/mol. The summed E-state index contributed by atoms with van der Waals surface area (Å²) in [4.78, 5) is 17.2. The molecule has 2 aromatic carbocycles. The molecule has 0 spiro atoms. The summed E-state index contributed by atoms with van der Waals surface area (Å²) in [5.74, 6) is 1.18. The lowest BCUT2D eigenvalue weighted by Gasteiger charge is -2.14. The molecule has 7 heteroatoms. The van der Waals surface area contributed by atoms with Gasteiger partial charge in [-0.3, -0.25) is 4.79 Å². The predicted octanol–water partition coefficient (Wildman–Crippen LogP) is 6.03. The number of nitrogens with zero attached hydrogens (tertiary/aromatic N) is 1. The van der Waals surface area contributed by atoms with Crippen molar-refractivity contribution in [2.75, 3.05) is 14.2 Å². The minimum Gasteiger partial charge on any atom is -0.496 e. The summed E-state index contributed by atoms with van der Waals surface area (Å²) in [5.41, 5.74) is 3.38. The van der Waals surface area contributed by atoms with Crippen LogP contribution in [-0.4, -0.2) is 30.1 Å². The van der Waals surface area contributed by atoms with Crippen molar-refractivity contribution < 1.29 is 19.4 Å². The van der Waals surface area contributed by atoms with E-state index in [9.17, 15) is 9.90 Å². The minimum absolute atomic E-state index is 0.0622. The molecule has 0 saturated heterocycles. The zero-order chi connectivity index (χ0) is 22.5. The van der Waals surface area contributed by atoms with Crippen LogP contribution in [-0.2, 0) is 0 Å². The van der Waals surface area contributed by atoms with Gasteiger partial charge in [-0.05, 0) is 71.8 Å². The lowest BCUT2D eigenvalue weighted by Crippen LogP contribution is -2.07. The molecular weight excluding hydrogens is 529 g/mol. The average molecular weight is 552 g/mol. The maximum absolute atomic E-state index is 12.6. The first-order valence-corrected chi connectivity index (χ1v) is 11.2. The van der Waals surface area contributed by atoms with Crippen molar-refractivity contribution >= 4 is 40.0 Å². The summed E-state index contributed by atoms with van der Waals surface area (Å²) in [6.45, 7) is 1.93. The summed E-state index contributed by atoms with van der Waals surface area (Å²) >= 11 is 8.43. The quantitative estimate of drug-likeness (QED) is 0.274. The van der Waals surface area contributed by atoms with Gasteiger partial charge in [0.15, 0.2) is 5.78 Å². The number of Topliss-reactive ketones (excluding diaryl/α,β-unsaturated/α-hetero) is 1. The van der Waals surface area contributed by atoms with E-state index in [0.717, 1.165) is 14.7 Å². The van der Waals surface area contributed by atoms with E-state index in [2.05, 4.69) is 27.6 Å². The van der Waals surface area contributed by atoms with E-state index in [1.807, 2.05) is 31.2 Å². The maximum atomic E-state index is 12.6. The number of carbonyl (C=O) groups is 1. The lowest BCUT2D eigenvalue weighted by atomic mass is 10.0. The standard InChI is InChI=1S/C24H23ClINO4/c1-14-4-5-16(12-17(14)25)24-22(30-2)11-8-19(27-24)21(29)10-9-20(28)15-6-7-18(26)23(13-15)31-3/h4-8,11-13,21,29H,9-10H2,1-3H3. The van der Waals surface area contributed by atoms with Gasteiger partial charge in [0.05, 0.1) is 29.6 Å². The highest BCUT2D eigenvalue weighted by atomic mass is 127. The summed E-state index contributed by atoms with van der Waals surface area (Å²) < 4.78 is 11.7. The number of hydrogen-bond donors (Lipinski definition) is 1. The molecule has 1 heterocycles. The number of pyridine rings is 1. The first-order valence-electron chi connectivity index (χ1n) is 9.70. The van der Waals surface area contributed by atoms with Crippen LogP contribution in [0.5, 0.6) is 11.5 Å². The van der Waals surface area contributed by atoms with Crippen LogP contribution in [0, 0.1) is 10.5 Å². The second-order valence-electron chi connectivity index (χ2n) is 7.08. The van der Waals surface area contributed by atoms with Crippen LogP contribution < -0.4 is 9.47 Å². The Bertz CT molecular complexity index is 1100. The Morgan fingerprint density at radius 1 is 1.10 bits per heavy atom. The second kappa shape index (κ2) is 10.4. The number of halogens is 2. The Kier molecular flexibility index (Phi) is 7.91. The SMILES string of the molecule is COc1cc(C(=O)CCC(O)c2ccc(OC)c(-c3ccc(C)c(Cl)c3)n2)ccc1I. The molecular formula is C24H23ClINO4. The molecule has 1 aromatic heterocycles. The van der Waals surface area contributed by atoms with Gasteiger partial charge in [-0.1, -0.05) is 29.8 Å². The monoisotopic (exact) mass is 551 g/mol. The summed E-state index contributed by atoms with van der Waals surface area (Å²) in [5, 5.41) is 11.3. The first-order chi connectivity index (χ1) is 14.8. The topological polar surface area (TPSA) is 68.7 Å². The third kappa shape index (κ3) is 5.56. The molecule has 0 fully saturated rings. The van der Waals surface area contributed by atoms with Crippen LogP contribution in [0.25, 0.3) is 11.3 Å². The highest BCUT2D eigenvalue weighted by Gasteiger charge is 2.17. The van der Waals surface area contributed by atoms with E-state index in [-0.39, 0.29) is 18.6 Å². The van der Waals surface area contributed by atoms with Crippen molar-refractivity contribution in [1.29, 1.82) is 0 Å². The molecule has 162 valence electrons. The molecule has 1 N–H and O–H groups in total. The zero-order valence-corrected chi connectivity index (χ0v) is 20.4. The van der Waals surface area contributed by atoms with Crippen molar-refractivity contribution in [2.24, 2.45) is 0 Å². The van der Waals surface area contributed by atoms with Crippen molar-refractivity contribution in [3.8, 4) is 22.8 Å². The summed E-state index contributed by atoms with van der Waals surface area (Å²) in [7, 11) is 3.14. The number of aliphatic hydroxyl groups excluding tert-OH is 1. The molecule has 1 unspecified atom stereocenters. The van der Waals surface area contributed by atoms with E-state index in [1.54, 1.807) is 38.5 Å². The molecule has 0 bridgehead atoms. The van der Waals surface area contributed by atoms with Crippen LogP contribution in [0.1, 0.15) is 40.6 Å². The smallest absolute Gasteiger partial charge is 0.163 e. The van der Waals surface area contributed by atoms with Crippen LogP contribution in [0.3, 0.4) is 0 Å². The third-order valence-electron chi connectivity index (χ3n) is 5.00. The number of carbonyl (C=O) groups excluding carboxylic acids is 1. The molecule has 0 aliphatic carbocycles. The van der Waals surface area contributed by atoms with Gasteiger partial charge in [-0.25, -0.2) is 4.98 Å². The van der Waals surface area contributed by atoms with Gasteiger partial charge < -0.3 is 14.6 Å². The van der Waals surface area contributed by atoms with Gasteiger partial charge in [0.25, 0.3) is 0 Å². The van der Waals surface area contributed by atoms with Gasteiger partial charge >= 0.3 is 0 Å². The number of hydrogen-bond acceptors (Lipinski definition) is 5. The molecule has 31 heavy (non-hydrogen) atoms. The number of methoxy groups -OCH3 is 2. The first kappa shape index (κ1) is 23.5. The van der Waals surface area contributed by atoms with E-state index < -0.39 is 6.10 Å². The molecule has 3 rings (SSSR count). The lowest BCUT2D eigenvalue weighted by molar-refractivity contribution is 0.0937. The largest absolute Gasteiger partial charge is 0.496 e. The number of rotatable bonds is 8. The number of aliphatic hydroxyl groups is 1. The van der Waals surface area contributed by atoms with Gasteiger partial charge in [-0.15, -0.1) is 0 Å². The minimum atomic E-state index is -0.889. The van der Waals surface area contributed by atoms with E-state index in [1.165, 1.54) is 0 Å². The molecule has 5 nitrogen and oxygen atoms in total. The van der Waals surface area contributed by atoms with Gasteiger partial charge in [-0.2, -0.15) is 0 Å². The molecule has 0 amide bonds. The van der Waals surface area contributed by atoms with Gasteiger partial charge in [0.1, 0.15) is 17.2 Å². The average Bonchev–Trinajstić information content (AvgIpc) is 2.78. The van der Waals surface area contributed by atoms with Gasteiger partial charge in [0, 0.05) is 22.6 Å². The second-order valence-corrected chi connectivity index (χ2v) is 8.65. The van der Waals surface area contributed by atoms with Crippen LogP contribution in [0.15, 0.2) is 48.5 Å². The maximum Gasteiger partial charge on any atom is 0.163 e.